The first kappa shape index (κ1) is 17.9. The average molecular weight is 304 g/mol. The molecular weight excluding hydrogens is 286 g/mol. The predicted octanol–water partition coefficient (Wildman–Crippen LogP) is 1.13. The van der Waals surface area contributed by atoms with Crippen LogP contribution in [0, 0.1) is 18.3 Å². The van der Waals surface area contributed by atoms with E-state index >= 15 is 0 Å². The molecular formula is C12H18ClN3O2S. The van der Waals surface area contributed by atoms with Gasteiger partial charge in [0.15, 0.2) is 0 Å². The summed E-state index contributed by atoms with van der Waals surface area (Å²) in [5, 5.41) is 11.7. The topological polar surface area (TPSA) is 73.2 Å². The van der Waals surface area contributed by atoms with Gasteiger partial charge in [-0.2, -0.15) is 9.57 Å². The molecule has 0 heterocycles. The smallest absolute Gasteiger partial charge is 0.243 e. The van der Waals surface area contributed by atoms with Crippen LogP contribution in [0.3, 0.4) is 0 Å². The minimum Gasteiger partial charge on any atom is -0.318 e. The highest BCUT2D eigenvalue weighted by molar-refractivity contribution is 7.89. The second-order valence-corrected chi connectivity index (χ2v) is 6.04. The first-order chi connectivity index (χ1) is 8.43. The van der Waals surface area contributed by atoms with Gasteiger partial charge in [0, 0.05) is 20.1 Å². The summed E-state index contributed by atoms with van der Waals surface area (Å²) in [6.07, 6.45) is 0. The van der Waals surface area contributed by atoms with E-state index in [2.05, 4.69) is 5.32 Å². The van der Waals surface area contributed by atoms with E-state index in [1.165, 1.54) is 17.4 Å². The van der Waals surface area contributed by atoms with Crippen molar-refractivity contribution in [1.82, 2.24) is 9.62 Å². The standard InChI is InChI=1S/C12H17N3O2S.ClH/c1-10-4-5-11(9-13)8-12(10)18(16,17)15(3)7-6-14-2;/h4-5,8,14H,6-7H2,1-3H3;1H. The van der Waals surface area contributed by atoms with Gasteiger partial charge in [-0.05, 0) is 31.7 Å². The lowest BCUT2D eigenvalue weighted by Crippen LogP contribution is -2.33. The second-order valence-electron chi connectivity index (χ2n) is 4.02. The van der Waals surface area contributed by atoms with Gasteiger partial charge in [-0.1, -0.05) is 6.07 Å². The molecule has 1 N–H and O–H groups in total. The van der Waals surface area contributed by atoms with Crippen molar-refractivity contribution in [3.05, 3.63) is 29.3 Å². The van der Waals surface area contributed by atoms with Crippen LogP contribution in [0.2, 0.25) is 0 Å². The van der Waals surface area contributed by atoms with Crippen LogP contribution in [0.4, 0.5) is 0 Å². The number of hydrogen-bond donors (Lipinski definition) is 1. The Hall–Kier alpha value is -1.13. The summed E-state index contributed by atoms with van der Waals surface area (Å²) in [5.41, 5.74) is 0.992. The molecule has 0 fully saturated rings. The number of sulfonamides is 1. The maximum absolute atomic E-state index is 12.3. The SMILES string of the molecule is CNCCN(C)S(=O)(=O)c1cc(C#N)ccc1C.Cl. The molecule has 0 saturated carbocycles. The van der Waals surface area contributed by atoms with E-state index in [-0.39, 0.29) is 17.3 Å². The van der Waals surface area contributed by atoms with E-state index in [9.17, 15) is 8.42 Å². The van der Waals surface area contributed by atoms with Gasteiger partial charge in [0.2, 0.25) is 10.0 Å². The summed E-state index contributed by atoms with van der Waals surface area (Å²) in [6.45, 7) is 2.68. The Morgan fingerprint density at radius 2 is 2.05 bits per heavy atom. The van der Waals surface area contributed by atoms with Crippen LogP contribution in [0.1, 0.15) is 11.1 Å². The molecule has 1 aromatic rings. The first-order valence-electron chi connectivity index (χ1n) is 5.55. The summed E-state index contributed by atoms with van der Waals surface area (Å²) in [7, 11) is -0.233. The van der Waals surface area contributed by atoms with E-state index in [0.717, 1.165) is 0 Å². The van der Waals surface area contributed by atoms with Crippen LogP contribution < -0.4 is 5.32 Å². The van der Waals surface area contributed by atoms with E-state index in [4.69, 9.17) is 5.26 Å². The Balaban J connectivity index is 0.00000324. The fraction of sp³-hybridized carbons (Fsp3) is 0.417. The predicted molar refractivity (Wildman–Crippen MR) is 76.9 cm³/mol. The molecule has 0 atom stereocenters. The Labute approximate surface area is 120 Å². The number of rotatable bonds is 5. The number of nitrogens with zero attached hydrogens (tertiary/aromatic N) is 2. The third kappa shape index (κ3) is 4.18. The second kappa shape index (κ2) is 7.46. The van der Waals surface area contributed by atoms with Crippen LogP contribution in [-0.2, 0) is 10.0 Å². The lowest BCUT2D eigenvalue weighted by molar-refractivity contribution is 0.465. The number of aryl methyl sites for hydroxylation is 1. The van der Waals surface area contributed by atoms with Gasteiger partial charge in [0.1, 0.15) is 0 Å². The van der Waals surface area contributed by atoms with Gasteiger partial charge in [-0.3, -0.25) is 0 Å². The molecule has 0 radical (unpaired) electrons. The van der Waals surface area contributed by atoms with Gasteiger partial charge in [0.05, 0.1) is 16.5 Å². The average Bonchev–Trinajstić information content (AvgIpc) is 2.36. The van der Waals surface area contributed by atoms with E-state index in [0.29, 0.717) is 24.2 Å². The lowest BCUT2D eigenvalue weighted by Gasteiger charge is -2.18. The van der Waals surface area contributed by atoms with Gasteiger partial charge in [-0.15, -0.1) is 12.4 Å². The van der Waals surface area contributed by atoms with Gasteiger partial charge < -0.3 is 5.32 Å². The molecule has 1 rings (SSSR count). The number of nitrogens with one attached hydrogen (secondary N) is 1. The van der Waals surface area contributed by atoms with Crippen molar-refractivity contribution >= 4 is 22.4 Å². The molecule has 0 aromatic heterocycles. The number of halogens is 1. The zero-order valence-corrected chi connectivity index (χ0v) is 12.8. The summed E-state index contributed by atoms with van der Waals surface area (Å²) in [5.74, 6) is 0. The molecule has 5 nitrogen and oxygen atoms in total. The number of likely N-dealkylation sites (N-methyl/N-ethyl adjacent to an activating group) is 2. The monoisotopic (exact) mass is 303 g/mol. The molecule has 7 heteroatoms. The van der Waals surface area contributed by atoms with Crippen molar-refractivity contribution in [2.45, 2.75) is 11.8 Å². The zero-order valence-electron chi connectivity index (χ0n) is 11.2. The number of benzene rings is 1. The molecule has 19 heavy (non-hydrogen) atoms. The van der Waals surface area contributed by atoms with Crippen molar-refractivity contribution in [2.24, 2.45) is 0 Å². The Bertz CT molecular complexity index is 567. The Kier molecular flexibility index (Phi) is 7.01. The van der Waals surface area contributed by atoms with Crippen LogP contribution >= 0.6 is 12.4 Å². The van der Waals surface area contributed by atoms with E-state index in [1.54, 1.807) is 26.1 Å². The largest absolute Gasteiger partial charge is 0.318 e. The summed E-state index contributed by atoms with van der Waals surface area (Å²) in [4.78, 5) is 0.195. The molecule has 0 amide bonds. The van der Waals surface area contributed by atoms with Crippen molar-refractivity contribution in [3.63, 3.8) is 0 Å². The van der Waals surface area contributed by atoms with Crippen LogP contribution in [0.5, 0.6) is 0 Å². The molecule has 0 saturated heterocycles. The summed E-state index contributed by atoms with van der Waals surface area (Å²) < 4.78 is 25.9. The van der Waals surface area contributed by atoms with Gasteiger partial charge in [-0.25, -0.2) is 8.42 Å². The highest BCUT2D eigenvalue weighted by Gasteiger charge is 2.22. The number of nitriles is 1. The van der Waals surface area contributed by atoms with Crippen LogP contribution in [0.15, 0.2) is 23.1 Å². The molecule has 0 spiro atoms. The van der Waals surface area contributed by atoms with Crippen molar-refractivity contribution in [2.75, 3.05) is 27.2 Å². The van der Waals surface area contributed by atoms with Gasteiger partial charge >= 0.3 is 0 Å². The molecule has 0 bridgehead atoms. The first-order valence-corrected chi connectivity index (χ1v) is 6.99. The minimum absolute atomic E-state index is 0. The highest BCUT2D eigenvalue weighted by atomic mass is 35.5. The zero-order chi connectivity index (χ0) is 13.8. The molecule has 106 valence electrons. The van der Waals surface area contributed by atoms with E-state index < -0.39 is 10.0 Å². The van der Waals surface area contributed by atoms with Crippen molar-refractivity contribution in [3.8, 4) is 6.07 Å². The third-order valence-electron chi connectivity index (χ3n) is 2.68. The van der Waals surface area contributed by atoms with Gasteiger partial charge in [0.25, 0.3) is 0 Å². The fourth-order valence-electron chi connectivity index (χ4n) is 1.50. The lowest BCUT2D eigenvalue weighted by atomic mass is 10.2. The van der Waals surface area contributed by atoms with Crippen molar-refractivity contribution in [1.29, 1.82) is 5.26 Å². The highest BCUT2D eigenvalue weighted by Crippen LogP contribution is 2.20. The third-order valence-corrected chi connectivity index (χ3v) is 4.68. The Morgan fingerprint density at radius 3 is 2.58 bits per heavy atom. The molecule has 1 aromatic carbocycles. The summed E-state index contributed by atoms with van der Waals surface area (Å²) in [6, 6.07) is 6.63. The molecule has 0 aliphatic heterocycles. The van der Waals surface area contributed by atoms with E-state index in [1.807, 2.05) is 6.07 Å². The van der Waals surface area contributed by atoms with Crippen molar-refractivity contribution < 1.29 is 8.42 Å². The molecule has 0 unspecified atom stereocenters. The maximum Gasteiger partial charge on any atom is 0.243 e. The molecule has 0 aliphatic rings. The maximum atomic E-state index is 12.3. The normalized spacial score (nSPS) is 10.9. The van der Waals surface area contributed by atoms with Crippen LogP contribution in [0.25, 0.3) is 0 Å². The van der Waals surface area contributed by atoms with Crippen LogP contribution in [-0.4, -0.2) is 39.9 Å². The summed E-state index contributed by atoms with van der Waals surface area (Å²) >= 11 is 0. The minimum atomic E-state index is -3.53. The number of hydrogen-bond acceptors (Lipinski definition) is 4. The fourth-order valence-corrected chi connectivity index (χ4v) is 2.92. The Morgan fingerprint density at radius 1 is 1.42 bits per heavy atom. The molecule has 0 aliphatic carbocycles. The quantitative estimate of drug-likeness (QED) is 0.885.